The van der Waals surface area contributed by atoms with Gasteiger partial charge in [-0.15, -0.1) is 6.58 Å². The predicted molar refractivity (Wildman–Crippen MR) is 95.9 cm³/mol. The largest absolute Gasteiger partial charge is 0.391 e. The van der Waals surface area contributed by atoms with E-state index in [1.807, 2.05) is 0 Å². The second kappa shape index (κ2) is 9.92. The number of azo groups is 1. The lowest BCUT2D eigenvalue weighted by atomic mass is 9.82. The summed E-state index contributed by atoms with van der Waals surface area (Å²) in [5.74, 6) is 1.15. The number of rotatable bonds is 7. The van der Waals surface area contributed by atoms with Gasteiger partial charge in [-0.25, -0.2) is 0 Å². The molecule has 2 aliphatic rings. The van der Waals surface area contributed by atoms with Crippen molar-refractivity contribution >= 4 is 5.91 Å². The van der Waals surface area contributed by atoms with E-state index in [4.69, 9.17) is 0 Å². The van der Waals surface area contributed by atoms with Crippen LogP contribution in [-0.4, -0.2) is 35.7 Å². The molecule has 24 heavy (non-hydrogen) atoms. The minimum absolute atomic E-state index is 0.0309. The van der Waals surface area contributed by atoms with E-state index >= 15 is 0 Å². The first-order valence-electron chi connectivity index (χ1n) is 9.55. The van der Waals surface area contributed by atoms with E-state index in [0.717, 1.165) is 32.1 Å². The van der Waals surface area contributed by atoms with Crippen LogP contribution in [0.3, 0.4) is 0 Å². The second-order valence-corrected chi connectivity index (χ2v) is 7.51. The minimum atomic E-state index is -0.362. The highest BCUT2D eigenvalue weighted by molar-refractivity contribution is 5.77. The topological polar surface area (TPSA) is 74.0 Å². The Labute approximate surface area is 146 Å². The molecule has 1 amide bonds. The first-order valence-corrected chi connectivity index (χ1v) is 9.55. The van der Waals surface area contributed by atoms with Crippen LogP contribution in [-0.2, 0) is 4.79 Å². The zero-order chi connectivity index (χ0) is 17.4. The van der Waals surface area contributed by atoms with E-state index in [1.54, 1.807) is 6.08 Å². The summed E-state index contributed by atoms with van der Waals surface area (Å²) in [5, 5.41) is 22.3. The lowest BCUT2D eigenvalue weighted by molar-refractivity contribution is -0.120. The predicted octanol–water partition coefficient (Wildman–Crippen LogP) is 3.63. The minimum Gasteiger partial charge on any atom is -0.391 e. The average Bonchev–Trinajstić information content (AvgIpc) is 2.56. The summed E-state index contributed by atoms with van der Waals surface area (Å²) in [5.41, 5.74) is 0. The summed E-state index contributed by atoms with van der Waals surface area (Å²) in [4.78, 5) is 11.5. The molecule has 5 heteroatoms. The molecular weight excluding hydrogens is 302 g/mol. The molecule has 5 atom stereocenters. The third kappa shape index (κ3) is 6.00. The van der Waals surface area contributed by atoms with Gasteiger partial charge in [-0.2, -0.15) is 10.2 Å². The number of hydrogen-bond acceptors (Lipinski definition) is 4. The van der Waals surface area contributed by atoms with Crippen molar-refractivity contribution in [2.45, 2.75) is 82.9 Å². The molecule has 5 nitrogen and oxygen atoms in total. The summed E-state index contributed by atoms with van der Waals surface area (Å²) in [7, 11) is 0. The highest BCUT2D eigenvalue weighted by Gasteiger charge is 2.30. The number of nitrogens with zero attached hydrogens (tertiary/aromatic N) is 2. The monoisotopic (exact) mass is 335 g/mol. The Morgan fingerprint density at radius 1 is 1.21 bits per heavy atom. The smallest absolute Gasteiger partial charge is 0.223 e. The molecule has 0 radical (unpaired) electrons. The molecule has 0 aromatic carbocycles. The normalized spacial score (nSPS) is 34.2. The van der Waals surface area contributed by atoms with Crippen molar-refractivity contribution in [3.8, 4) is 0 Å². The van der Waals surface area contributed by atoms with E-state index < -0.39 is 0 Å². The maximum absolute atomic E-state index is 11.5. The molecule has 0 saturated heterocycles. The van der Waals surface area contributed by atoms with Crippen LogP contribution in [0, 0.1) is 11.8 Å². The summed E-state index contributed by atoms with van der Waals surface area (Å²) in [6.45, 7) is 6.52. The molecule has 0 aromatic rings. The van der Waals surface area contributed by atoms with Crippen molar-refractivity contribution in [2.75, 3.05) is 6.54 Å². The van der Waals surface area contributed by atoms with Crippen molar-refractivity contribution in [1.82, 2.24) is 5.32 Å². The molecule has 2 saturated carbocycles. The first kappa shape index (κ1) is 19.1. The zero-order valence-corrected chi connectivity index (χ0v) is 15.0. The van der Waals surface area contributed by atoms with Gasteiger partial charge in [0.05, 0.1) is 18.2 Å². The molecule has 2 fully saturated rings. The van der Waals surface area contributed by atoms with Gasteiger partial charge in [0.15, 0.2) is 0 Å². The van der Waals surface area contributed by atoms with Crippen molar-refractivity contribution < 1.29 is 9.90 Å². The van der Waals surface area contributed by atoms with Gasteiger partial charge in [-0.3, -0.25) is 4.79 Å². The molecule has 0 aromatic heterocycles. The Kier molecular flexibility index (Phi) is 7.89. The van der Waals surface area contributed by atoms with Gasteiger partial charge in [-0.05, 0) is 50.4 Å². The fraction of sp³-hybridized carbons (Fsp3) is 0.842. The number of hydrogen-bond donors (Lipinski definition) is 2. The van der Waals surface area contributed by atoms with Gasteiger partial charge >= 0.3 is 0 Å². The standard InChI is InChI=1S/C19H33N3O2/c1-3-6-19(24)20-12-11-15-9-10-18(23)17(13-15)22-21-16-8-5-4-7-14(16)2/h3,14-18,23H,1,4-13H2,2H3,(H,20,24). The van der Waals surface area contributed by atoms with Crippen molar-refractivity contribution in [1.29, 1.82) is 0 Å². The lowest BCUT2D eigenvalue weighted by Crippen LogP contribution is -2.34. The Balaban J connectivity index is 1.77. The Morgan fingerprint density at radius 2 is 1.96 bits per heavy atom. The molecule has 136 valence electrons. The van der Waals surface area contributed by atoms with E-state index in [-0.39, 0.29) is 18.1 Å². The first-order chi connectivity index (χ1) is 11.6. The van der Waals surface area contributed by atoms with Crippen LogP contribution >= 0.6 is 0 Å². The zero-order valence-electron chi connectivity index (χ0n) is 15.0. The van der Waals surface area contributed by atoms with Crippen LogP contribution in [0.2, 0.25) is 0 Å². The maximum Gasteiger partial charge on any atom is 0.223 e. The molecule has 2 aliphatic carbocycles. The number of aliphatic hydroxyl groups is 1. The fourth-order valence-corrected chi connectivity index (χ4v) is 3.86. The molecule has 0 heterocycles. The van der Waals surface area contributed by atoms with E-state index in [9.17, 15) is 9.90 Å². The van der Waals surface area contributed by atoms with Crippen molar-refractivity contribution in [3.05, 3.63) is 12.7 Å². The number of aliphatic hydroxyl groups excluding tert-OH is 1. The van der Waals surface area contributed by atoms with Gasteiger partial charge in [0, 0.05) is 13.0 Å². The number of carbonyl (C=O) groups excluding carboxylic acids is 1. The van der Waals surface area contributed by atoms with E-state index in [2.05, 4.69) is 29.0 Å². The van der Waals surface area contributed by atoms with Gasteiger partial charge in [0.1, 0.15) is 0 Å². The highest BCUT2D eigenvalue weighted by Crippen LogP contribution is 2.31. The molecule has 2 N–H and O–H groups in total. The molecule has 2 rings (SSSR count). The van der Waals surface area contributed by atoms with Crippen LogP contribution in [0.1, 0.15) is 64.7 Å². The quantitative estimate of drug-likeness (QED) is 0.551. The summed E-state index contributed by atoms with van der Waals surface area (Å²) < 4.78 is 0. The van der Waals surface area contributed by atoms with Gasteiger partial charge in [-0.1, -0.05) is 25.8 Å². The van der Waals surface area contributed by atoms with Crippen LogP contribution in [0.4, 0.5) is 0 Å². The van der Waals surface area contributed by atoms with Crippen LogP contribution in [0.5, 0.6) is 0 Å². The lowest BCUT2D eigenvalue weighted by Gasteiger charge is -2.31. The molecule has 0 spiro atoms. The van der Waals surface area contributed by atoms with Gasteiger partial charge < -0.3 is 10.4 Å². The van der Waals surface area contributed by atoms with Gasteiger partial charge in [0.25, 0.3) is 0 Å². The molecule has 5 unspecified atom stereocenters. The third-order valence-electron chi connectivity index (χ3n) is 5.52. The average molecular weight is 335 g/mol. The van der Waals surface area contributed by atoms with Crippen molar-refractivity contribution in [2.24, 2.45) is 22.1 Å². The number of amides is 1. The van der Waals surface area contributed by atoms with Crippen LogP contribution in [0.15, 0.2) is 22.9 Å². The maximum atomic E-state index is 11.5. The van der Waals surface area contributed by atoms with E-state index in [1.165, 1.54) is 19.3 Å². The van der Waals surface area contributed by atoms with Gasteiger partial charge in [0.2, 0.25) is 5.91 Å². The second-order valence-electron chi connectivity index (χ2n) is 7.51. The molecular formula is C19H33N3O2. The Morgan fingerprint density at radius 3 is 2.71 bits per heavy atom. The summed E-state index contributed by atoms with van der Waals surface area (Å²) in [6, 6.07) is 0.270. The fourth-order valence-electron chi connectivity index (χ4n) is 3.86. The third-order valence-corrected chi connectivity index (χ3v) is 5.52. The molecule has 0 aliphatic heterocycles. The number of nitrogens with one attached hydrogen (secondary N) is 1. The highest BCUT2D eigenvalue weighted by atomic mass is 16.3. The molecule has 0 bridgehead atoms. The number of carbonyl (C=O) groups is 1. The van der Waals surface area contributed by atoms with Crippen molar-refractivity contribution in [3.63, 3.8) is 0 Å². The summed E-state index contributed by atoms with van der Waals surface area (Å²) >= 11 is 0. The van der Waals surface area contributed by atoms with Crippen LogP contribution in [0.25, 0.3) is 0 Å². The van der Waals surface area contributed by atoms with Crippen LogP contribution < -0.4 is 5.32 Å². The Bertz CT molecular complexity index is 438. The Hall–Kier alpha value is -1.23. The SMILES string of the molecule is C=CCC(=O)NCCC1CCC(O)C(N=NC2CCCCC2C)C1. The summed E-state index contributed by atoms with van der Waals surface area (Å²) in [6.07, 6.45) is 10.2. The van der Waals surface area contributed by atoms with E-state index in [0.29, 0.717) is 30.8 Å².